The molecule has 0 amide bonds. The van der Waals surface area contributed by atoms with E-state index in [0.29, 0.717) is 17.7 Å². The number of benzene rings is 1. The summed E-state index contributed by atoms with van der Waals surface area (Å²) in [6.45, 7) is 0.859. The molecule has 0 saturated heterocycles. The molecule has 5 heteroatoms. The van der Waals surface area contributed by atoms with Gasteiger partial charge in [0.2, 0.25) is 0 Å². The van der Waals surface area contributed by atoms with E-state index in [2.05, 4.69) is 0 Å². The Morgan fingerprint density at radius 1 is 1.32 bits per heavy atom. The average Bonchev–Trinajstić information content (AvgIpc) is 3.18. The van der Waals surface area contributed by atoms with E-state index in [0.717, 1.165) is 12.8 Å². The van der Waals surface area contributed by atoms with Gasteiger partial charge in [0.1, 0.15) is 6.54 Å². The minimum atomic E-state index is -4.23. The summed E-state index contributed by atoms with van der Waals surface area (Å²) in [6.07, 6.45) is -2.89. The van der Waals surface area contributed by atoms with Crippen LogP contribution in [0.15, 0.2) is 24.3 Å². The number of hydrogen-bond acceptors (Lipinski definition) is 2. The van der Waals surface area contributed by atoms with E-state index in [1.807, 2.05) is 6.92 Å². The molecule has 0 radical (unpaired) electrons. The Labute approximate surface area is 110 Å². The van der Waals surface area contributed by atoms with Crippen LogP contribution in [0.3, 0.4) is 0 Å². The highest BCUT2D eigenvalue weighted by molar-refractivity contribution is 5.56. The topological polar surface area (TPSA) is 23.5 Å². The normalized spacial score (nSPS) is 17.3. The fourth-order valence-electron chi connectivity index (χ4n) is 2.24. The van der Waals surface area contributed by atoms with Crippen LogP contribution >= 0.6 is 0 Å². The second-order valence-corrected chi connectivity index (χ2v) is 4.96. The summed E-state index contributed by atoms with van der Waals surface area (Å²) < 4.78 is 38.1. The van der Waals surface area contributed by atoms with Crippen molar-refractivity contribution in [1.82, 2.24) is 0 Å². The maximum Gasteiger partial charge on any atom is 0.405 e. The highest BCUT2D eigenvalue weighted by Crippen LogP contribution is 2.38. The summed E-state index contributed by atoms with van der Waals surface area (Å²) in [7, 11) is 0. The smallest absolute Gasteiger partial charge is 0.388 e. The second kappa shape index (κ2) is 5.41. The van der Waals surface area contributed by atoms with Crippen LogP contribution in [0.5, 0.6) is 0 Å². The van der Waals surface area contributed by atoms with Crippen LogP contribution in [0.1, 0.15) is 37.9 Å². The molecule has 1 aromatic rings. The molecular weight excluding hydrogens is 255 g/mol. The lowest BCUT2D eigenvalue weighted by Crippen LogP contribution is -2.36. The number of nitrogens with zero attached hydrogens (tertiary/aromatic N) is 1. The standard InChI is InChI=1S/C14H18F3NO/c1-2-13(19)11-5-3-4-6-12(11)18(10-7-8-10)9-14(15,16)17/h3-6,10,13,19H,2,7-9H2,1H3/t13-/m1/s1. The molecule has 0 heterocycles. The molecule has 2 rings (SSSR count). The molecule has 1 saturated carbocycles. The zero-order chi connectivity index (χ0) is 14.0. The maximum absolute atomic E-state index is 12.7. The van der Waals surface area contributed by atoms with Gasteiger partial charge in [-0.2, -0.15) is 13.2 Å². The van der Waals surface area contributed by atoms with Crippen LogP contribution < -0.4 is 4.90 Å². The third-order valence-corrected chi connectivity index (χ3v) is 3.33. The lowest BCUT2D eigenvalue weighted by Gasteiger charge is -2.29. The largest absolute Gasteiger partial charge is 0.405 e. The first-order chi connectivity index (χ1) is 8.92. The van der Waals surface area contributed by atoms with Gasteiger partial charge in [0.25, 0.3) is 0 Å². The summed E-state index contributed by atoms with van der Waals surface area (Å²) in [5, 5.41) is 9.95. The van der Waals surface area contributed by atoms with Crippen LogP contribution in [0.4, 0.5) is 18.9 Å². The van der Waals surface area contributed by atoms with Gasteiger partial charge in [0, 0.05) is 17.3 Å². The van der Waals surface area contributed by atoms with E-state index in [1.165, 1.54) is 4.90 Å². The Bertz CT molecular complexity index is 429. The SMILES string of the molecule is CC[C@@H](O)c1ccccc1N(CC(F)(F)F)C1CC1. The molecule has 0 spiro atoms. The minimum Gasteiger partial charge on any atom is -0.388 e. The number of hydrogen-bond donors (Lipinski definition) is 1. The van der Waals surface area contributed by atoms with E-state index >= 15 is 0 Å². The van der Waals surface area contributed by atoms with Crippen molar-refractivity contribution in [3.05, 3.63) is 29.8 Å². The molecule has 1 aromatic carbocycles. The molecule has 2 nitrogen and oxygen atoms in total. The monoisotopic (exact) mass is 273 g/mol. The van der Waals surface area contributed by atoms with Gasteiger partial charge in [-0.3, -0.25) is 0 Å². The van der Waals surface area contributed by atoms with Crippen molar-refractivity contribution in [2.24, 2.45) is 0 Å². The van der Waals surface area contributed by atoms with Crippen LogP contribution in [-0.2, 0) is 0 Å². The van der Waals surface area contributed by atoms with Gasteiger partial charge in [-0.05, 0) is 25.3 Å². The molecule has 1 fully saturated rings. The molecular formula is C14H18F3NO. The number of rotatable bonds is 5. The molecule has 1 aliphatic rings. The van der Waals surface area contributed by atoms with Gasteiger partial charge in [-0.1, -0.05) is 25.1 Å². The van der Waals surface area contributed by atoms with Gasteiger partial charge in [-0.25, -0.2) is 0 Å². The summed E-state index contributed by atoms with van der Waals surface area (Å²) in [5.74, 6) is 0. The predicted octanol–water partition coefficient (Wildman–Crippen LogP) is 3.66. The van der Waals surface area contributed by atoms with Crippen LogP contribution in [0.2, 0.25) is 0 Å². The zero-order valence-corrected chi connectivity index (χ0v) is 10.8. The third-order valence-electron chi connectivity index (χ3n) is 3.33. The molecule has 106 valence electrons. The van der Waals surface area contributed by atoms with Crippen LogP contribution in [0.25, 0.3) is 0 Å². The molecule has 1 atom stereocenters. The maximum atomic E-state index is 12.7. The minimum absolute atomic E-state index is 0.0492. The molecule has 1 N–H and O–H groups in total. The van der Waals surface area contributed by atoms with E-state index in [9.17, 15) is 18.3 Å². The summed E-state index contributed by atoms with van der Waals surface area (Å²) in [4.78, 5) is 1.38. The lowest BCUT2D eigenvalue weighted by atomic mass is 10.0. The number of aliphatic hydroxyl groups excluding tert-OH is 1. The molecule has 1 aliphatic carbocycles. The fraction of sp³-hybridized carbons (Fsp3) is 0.571. The highest BCUT2D eigenvalue weighted by atomic mass is 19.4. The van der Waals surface area contributed by atoms with Crippen molar-refractivity contribution in [2.45, 2.75) is 44.5 Å². The third kappa shape index (κ3) is 3.62. The van der Waals surface area contributed by atoms with E-state index in [-0.39, 0.29) is 6.04 Å². The fourth-order valence-corrected chi connectivity index (χ4v) is 2.24. The van der Waals surface area contributed by atoms with Crippen LogP contribution in [0, 0.1) is 0 Å². The molecule has 0 bridgehead atoms. The number of aliphatic hydroxyl groups is 1. The zero-order valence-electron chi connectivity index (χ0n) is 10.8. The Morgan fingerprint density at radius 2 is 1.95 bits per heavy atom. The van der Waals surface area contributed by atoms with E-state index in [4.69, 9.17) is 0 Å². The van der Waals surface area contributed by atoms with Crippen molar-refractivity contribution < 1.29 is 18.3 Å². The number of para-hydroxylation sites is 1. The van der Waals surface area contributed by atoms with Gasteiger partial charge in [0.15, 0.2) is 0 Å². The van der Waals surface area contributed by atoms with Gasteiger partial charge in [-0.15, -0.1) is 0 Å². The second-order valence-electron chi connectivity index (χ2n) is 4.96. The lowest BCUT2D eigenvalue weighted by molar-refractivity contribution is -0.120. The van der Waals surface area contributed by atoms with Crippen molar-refractivity contribution in [3.8, 4) is 0 Å². The predicted molar refractivity (Wildman–Crippen MR) is 68.1 cm³/mol. The Morgan fingerprint density at radius 3 is 2.47 bits per heavy atom. The first kappa shape index (κ1) is 14.2. The summed E-state index contributed by atoms with van der Waals surface area (Å²) in [6, 6.07) is 6.78. The van der Waals surface area contributed by atoms with Crippen molar-refractivity contribution in [2.75, 3.05) is 11.4 Å². The Kier molecular flexibility index (Phi) is 4.04. The molecule has 19 heavy (non-hydrogen) atoms. The molecule has 0 unspecified atom stereocenters. The van der Waals surface area contributed by atoms with Crippen molar-refractivity contribution in [3.63, 3.8) is 0 Å². The summed E-state index contributed by atoms with van der Waals surface area (Å²) >= 11 is 0. The quantitative estimate of drug-likeness (QED) is 0.885. The van der Waals surface area contributed by atoms with Gasteiger partial charge in [0.05, 0.1) is 6.10 Å². The number of halogens is 3. The molecule has 0 aromatic heterocycles. The Balaban J connectivity index is 2.31. The summed E-state index contributed by atoms with van der Waals surface area (Å²) in [5.41, 5.74) is 1.10. The first-order valence-corrected chi connectivity index (χ1v) is 6.52. The van der Waals surface area contributed by atoms with Gasteiger partial charge < -0.3 is 10.0 Å². The first-order valence-electron chi connectivity index (χ1n) is 6.52. The van der Waals surface area contributed by atoms with Gasteiger partial charge >= 0.3 is 6.18 Å². The number of alkyl halides is 3. The van der Waals surface area contributed by atoms with Crippen LogP contribution in [-0.4, -0.2) is 23.9 Å². The van der Waals surface area contributed by atoms with Crippen molar-refractivity contribution in [1.29, 1.82) is 0 Å². The average molecular weight is 273 g/mol. The highest BCUT2D eigenvalue weighted by Gasteiger charge is 2.39. The van der Waals surface area contributed by atoms with E-state index < -0.39 is 18.8 Å². The number of anilines is 1. The van der Waals surface area contributed by atoms with Crippen molar-refractivity contribution >= 4 is 5.69 Å². The molecule has 0 aliphatic heterocycles. The Hall–Kier alpha value is -1.23. The van der Waals surface area contributed by atoms with E-state index in [1.54, 1.807) is 24.3 Å².